The van der Waals surface area contributed by atoms with Gasteiger partial charge in [0.15, 0.2) is 40.3 Å². The highest BCUT2D eigenvalue weighted by atomic mass is 33.3. The van der Waals surface area contributed by atoms with Gasteiger partial charge in [0.05, 0.1) is 14.2 Å². The number of nitrogens with zero attached hydrogens (tertiary/aromatic N) is 5. The molecule has 77 heavy (non-hydrogen) atoms. The maximum Gasteiger partial charge on any atom is 0.183 e. The first-order valence-corrected chi connectivity index (χ1v) is 69.6. The molecule has 0 saturated carbocycles. The summed E-state index contributed by atoms with van der Waals surface area (Å²) >= 11 is 0. The van der Waals surface area contributed by atoms with Crippen molar-refractivity contribution < 1.29 is 29.0 Å². The molecule has 0 amide bonds. The van der Waals surface area contributed by atoms with Crippen LogP contribution in [0.15, 0.2) is 91.0 Å². The number of methoxy groups -OCH3 is 2. The van der Waals surface area contributed by atoms with Crippen LogP contribution in [0.2, 0.25) is 0 Å². The predicted octanol–water partition coefficient (Wildman–Crippen LogP) is 21.6. The summed E-state index contributed by atoms with van der Waals surface area (Å²) in [6.45, 7) is 5.94. The summed E-state index contributed by atoms with van der Waals surface area (Å²) in [4.78, 5) is 34.1. The summed E-state index contributed by atoms with van der Waals surface area (Å²) in [5, 5.41) is 24.7. The van der Waals surface area contributed by atoms with Crippen LogP contribution >= 0.6 is 229 Å². The average Bonchev–Trinajstić information content (AvgIpc) is 4.05. The van der Waals surface area contributed by atoms with Crippen LogP contribution in [0.25, 0.3) is 33.8 Å². The van der Waals surface area contributed by atoms with E-state index in [2.05, 4.69) is 163 Å². The van der Waals surface area contributed by atoms with Gasteiger partial charge in [0.2, 0.25) is 0 Å². The van der Waals surface area contributed by atoms with Crippen LogP contribution in [0, 0.1) is 0 Å². The standard InChI is InChI=1S/2C13H14N2O2.C11H10N2O2.H15P13.H14P12.H5P3/c1-9(16)12-13(17-3)11(14-15(12)2)10-7-5-4-6-8-10;1-9(16)11-13(17-3)12(15(2)14-11)10-7-5-4-6-8-10;1-7(14)9-11(15)10(13-12-9)8-5-3-2-4-6-8;1-8-12(9(2)3)13(10(4)5)11(6)7;1-8(2)11(7)12(9(3)4)10(5)6;1-3-2/h2*4-8H,1-3H3;2-6,15H,1H3,(H,12,13);8H,1-7H2;1-7H2;3H,1-2H2. The number of rotatable bonds is 17. The number of Topliss-reactive ketones (excluding diaryl/α,β-unsaturated/α-hetero) is 3. The van der Waals surface area contributed by atoms with Crippen molar-refractivity contribution in [3.8, 4) is 51.0 Å². The molecule has 0 aliphatic carbocycles. The lowest BCUT2D eigenvalue weighted by Crippen LogP contribution is -2.04. The van der Waals surface area contributed by atoms with E-state index in [9.17, 15) is 19.5 Å². The molecule has 0 spiro atoms. The van der Waals surface area contributed by atoms with Crippen LogP contribution in [-0.4, -0.2) is 66.4 Å². The van der Waals surface area contributed by atoms with Crippen molar-refractivity contribution in [3.05, 3.63) is 108 Å². The molecule has 19 unspecified atom stereocenters. The molecule has 426 valence electrons. The van der Waals surface area contributed by atoms with Gasteiger partial charge in [-0.3, -0.25) is 28.8 Å². The Labute approximate surface area is 508 Å². The maximum absolute atomic E-state index is 11.5. The average molecular weight is 1560 g/mol. The van der Waals surface area contributed by atoms with Gasteiger partial charge in [0.1, 0.15) is 28.5 Å². The first-order valence-electron chi connectivity index (χ1n) is 21.2. The van der Waals surface area contributed by atoms with Gasteiger partial charge in [-0.25, -0.2) is 0 Å². The third kappa shape index (κ3) is 27.8. The summed E-state index contributed by atoms with van der Waals surface area (Å²) in [6.07, 6.45) is 0. The van der Waals surface area contributed by atoms with E-state index in [0.29, 0.717) is 34.3 Å². The number of nitrogens with one attached hydrogen (secondary N) is 1. The highest BCUT2D eigenvalue weighted by Gasteiger charge is 2.29. The Balaban J connectivity index is 0.000000478. The van der Waals surface area contributed by atoms with Crippen molar-refractivity contribution in [3.63, 3.8) is 0 Å². The lowest BCUT2D eigenvalue weighted by Gasteiger charge is -2.34. The zero-order chi connectivity index (χ0) is 58.9. The lowest BCUT2D eigenvalue weighted by atomic mass is 10.1. The predicted molar refractivity (Wildman–Crippen MR) is 427 cm³/mol. The number of aromatic hydroxyl groups is 1. The molecule has 6 rings (SSSR count). The van der Waals surface area contributed by atoms with E-state index in [1.54, 1.807) is 37.7 Å². The molecule has 0 bridgehead atoms. The molecule has 40 heteroatoms. The number of aromatic amines is 1. The van der Waals surface area contributed by atoms with E-state index in [1.165, 1.54) is 20.8 Å². The summed E-state index contributed by atoms with van der Waals surface area (Å²) < 4.78 is 13.8. The molecule has 3 aromatic carbocycles. The number of carbonyl (C=O) groups is 3. The number of carbonyl (C=O) groups excluding carboxylic acids is 3. The minimum Gasteiger partial charge on any atom is -0.504 e. The Morgan fingerprint density at radius 3 is 1.26 bits per heavy atom. The second-order valence-electron chi connectivity index (χ2n) is 14.5. The highest BCUT2D eigenvalue weighted by Crippen LogP contribution is 3.18. The monoisotopic (exact) mass is 1560 g/mol. The van der Waals surface area contributed by atoms with Crippen LogP contribution in [0.5, 0.6) is 17.2 Å². The van der Waals surface area contributed by atoms with Crippen LogP contribution < -0.4 is 9.47 Å². The molecule has 19 atom stereocenters. The van der Waals surface area contributed by atoms with E-state index in [-0.39, 0.29) is 98.7 Å². The van der Waals surface area contributed by atoms with Gasteiger partial charge in [-0.15, -0.1) is 143 Å². The largest absolute Gasteiger partial charge is 0.504 e. The van der Waals surface area contributed by atoms with Gasteiger partial charge >= 0.3 is 0 Å². The van der Waals surface area contributed by atoms with Gasteiger partial charge in [-0.2, -0.15) is 15.3 Å². The number of hydrogen-bond donors (Lipinski definition) is 2. The molecular formula is C37H72N6O6P28. The molecular weight excluding hydrogens is 1490 g/mol. The van der Waals surface area contributed by atoms with Gasteiger partial charge in [0, 0.05) is 51.6 Å². The van der Waals surface area contributed by atoms with Crippen molar-refractivity contribution in [2.24, 2.45) is 14.1 Å². The van der Waals surface area contributed by atoms with Crippen LogP contribution in [0.1, 0.15) is 52.2 Å². The number of ketones is 3. The summed E-state index contributed by atoms with van der Waals surface area (Å²) in [5.41, 5.74) is 5.62. The maximum atomic E-state index is 11.5. The first-order chi connectivity index (χ1) is 36.2. The Morgan fingerprint density at radius 2 is 0.961 bits per heavy atom. The fourth-order valence-electron chi connectivity index (χ4n) is 6.04. The summed E-state index contributed by atoms with van der Waals surface area (Å²) in [6, 6.07) is 28.6. The highest BCUT2D eigenvalue weighted by molar-refractivity contribution is 9.24. The lowest BCUT2D eigenvalue weighted by molar-refractivity contribution is 0.0994. The Hall–Kier alpha value is 5.74. The van der Waals surface area contributed by atoms with Gasteiger partial charge in [-0.1, -0.05) is 107 Å². The molecule has 0 fully saturated rings. The van der Waals surface area contributed by atoms with E-state index >= 15 is 0 Å². The second kappa shape index (κ2) is 44.2. The van der Waals surface area contributed by atoms with Crippen molar-refractivity contribution in [2.45, 2.75) is 20.8 Å². The van der Waals surface area contributed by atoms with Crippen LogP contribution in [0.4, 0.5) is 0 Å². The molecule has 0 radical (unpaired) electrons. The Bertz CT molecular complexity index is 2650. The number of benzene rings is 3. The number of aromatic nitrogens is 6. The van der Waals surface area contributed by atoms with E-state index in [1.807, 2.05) is 91.0 Å². The molecule has 2 N–H and O–H groups in total. The van der Waals surface area contributed by atoms with Crippen molar-refractivity contribution in [1.82, 2.24) is 29.8 Å². The van der Waals surface area contributed by atoms with E-state index < -0.39 is 0 Å². The molecule has 0 saturated heterocycles. The first kappa shape index (κ1) is 80.8. The minimum absolute atomic E-state index is 0.0565. The van der Waals surface area contributed by atoms with Crippen molar-refractivity contribution in [2.75, 3.05) is 14.2 Å². The fraction of sp³-hybridized carbons (Fsp3) is 0.189. The summed E-state index contributed by atoms with van der Waals surface area (Å²) in [5.74, 6) is 0.590. The molecule has 12 nitrogen and oxygen atoms in total. The number of ether oxygens (including phenoxy) is 2. The smallest absolute Gasteiger partial charge is 0.183 e. The van der Waals surface area contributed by atoms with Gasteiger partial charge < -0.3 is 14.6 Å². The molecule has 0 aliphatic rings. The molecule has 3 aromatic heterocycles. The van der Waals surface area contributed by atoms with Gasteiger partial charge in [-0.05, 0) is 69.9 Å². The number of H-pyrrole nitrogens is 1. The van der Waals surface area contributed by atoms with Crippen LogP contribution in [0.3, 0.4) is 0 Å². The minimum atomic E-state index is -0.234. The second-order valence-corrected chi connectivity index (χ2v) is 111. The zero-order valence-electron chi connectivity index (χ0n) is 43.1. The molecule has 3 heterocycles. The fourth-order valence-corrected chi connectivity index (χ4v) is 236. The Morgan fingerprint density at radius 1 is 0.545 bits per heavy atom. The summed E-state index contributed by atoms with van der Waals surface area (Å²) in [7, 11) is 55.9. The van der Waals surface area contributed by atoms with Crippen LogP contribution in [-0.2, 0) is 14.1 Å². The zero-order valence-corrected chi connectivity index (χ0v) is 72.5. The normalized spacial score (nSPS) is 11.8. The number of hydrogen-bond acceptors (Lipinski definition) is 9. The SMILES string of the molecule is CC(=O)c1[nH]nc(-c2ccccc2)c1O.COc1c(-c2ccccc2)nn(C)c1C(C)=O.COc1c(C(C)=O)nn(C)c1-c1ccccc1.PP(P)P(P)P(P(P)P)P(P)P.PPP.PPP(P(P)P)P(P(P)P)P(P)P. The molecule has 0 aliphatic heterocycles. The van der Waals surface area contributed by atoms with Crippen molar-refractivity contribution in [1.29, 1.82) is 0 Å². The Kier molecular flexibility index (Phi) is 46.4. The van der Waals surface area contributed by atoms with E-state index in [4.69, 9.17) is 9.47 Å². The third-order valence-corrected chi connectivity index (χ3v) is 149. The molecule has 6 aromatic rings. The number of aryl methyl sites for hydroxylation is 2. The topological polar surface area (TPSA) is 154 Å². The quantitative estimate of drug-likeness (QED) is 0.0671. The van der Waals surface area contributed by atoms with Crippen molar-refractivity contribution >= 4 is 246 Å². The van der Waals surface area contributed by atoms with Gasteiger partial charge in [0.25, 0.3) is 0 Å². The van der Waals surface area contributed by atoms with E-state index in [0.717, 1.165) is 38.3 Å². The third-order valence-electron chi connectivity index (χ3n) is 9.07.